The maximum atomic E-state index is 4.84. The summed E-state index contributed by atoms with van der Waals surface area (Å²) in [5.41, 5.74) is 0. The van der Waals surface area contributed by atoms with Gasteiger partial charge in [-0.05, 0) is 33.9 Å². The molecule has 0 amide bonds. The van der Waals surface area contributed by atoms with Gasteiger partial charge in [0.1, 0.15) is 0 Å². The molecular weight excluding hydrogens is 389 g/mol. The minimum atomic E-state index is 0. The summed E-state index contributed by atoms with van der Waals surface area (Å²) in [4.78, 5) is 11.9. The third kappa shape index (κ3) is 7.78. The number of unbranched alkanes of at least 4 members (excludes halogenated alkanes) is 1. The van der Waals surface area contributed by atoms with Crippen LogP contribution in [0.4, 0.5) is 0 Å². The van der Waals surface area contributed by atoms with Gasteiger partial charge in [0.2, 0.25) is 0 Å². The fourth-order valence-corrected chi connectivity index (χ4v) is 2.54. The average molecular weight is 423 g/mol. The Hall–Kier alpha value is -0.340. The quantitative estimate of drug-likeness (QED) is 0.222. The molecule has 0 aromatic rings. The van der Waals surface area contributed by atoms with Gasteiger partial charge in [-0.3, -0.25) is 9.89 Å². The molecule has 1 fully saturated rings. The summed E-state index contributed by atoms with van der Waals surface area (Å²) in [5.74, 6) is 1.02. The zero-order chi connectivity index (χ0) is 15.7. The van der Waals surface area contributed by atoms with Gasteiger partial charge < -0.3 is 15.1 Å². The first-order valence-electron chi connectivity index (χ1n) is 8.07. The van der Waals surface area contributed by atoms with E-state index in [9.17, 15) is 0 Å². The lowest BCUT2D eigenvalue weighted by atomic mass is 10.2. The molecule has 0 saturated carbocycles. The van der Waals surface area contributed by atoms with Crippen LogP contribution in [0.1, 0.15) is 19.8 Å². The van der Waals surface area contributed by atoms with E-state index in [0.717, 1.165) is 58.1 Å². The van der Waals surface area contributed by atoms with E-state index in [1.807, 2.05) is 6.08 Å². The minimum Gasteiger partial charge on any atom is -0.357 e. The van der Waals surface area contributed by atoms with E-state index in [4.69, 9.17) is 4.99 Å². The number of hydrogen-bond donors (Lipinski definition) is 1. The highest BCUT2D eigenvalue weighted by atomic mass is 127. The summed E-state index contributed by atoms with van der Waals surface area (Å²) in [6, 6.07) is 0.513. The largest absolute Gasteiger partial charge is 0.357 e. The van der Waals surface area contributed by atoms with Gasteiger partial charge in [0.15, 0.2) is 5.96 Å². The molecule has 1 N–H and O–H groups in total. The topological polar surface area (TPSA) is 34.1 Å². The minimum absolute atomic E-state index is 0. The number of nitrogens with one attached hydrogen (secondary N) is 1. The third-order valence-electron chi connectivity index (χ3n) is 4.03. The van der Waals surface area contributed by atoms with E-state index in [2.05, 4.69) is 54.7 Å². The fourth-order valence-electron chi connectivity index (χ4n) is 2.54. The molecule has 1 heterocycles. The molecule has 0 aromatic carbocycles. The molecule has 22 heavy (non-hydrogen) atoms. The Bertz CT molecular complexity index is 334. The predicted molar refractivity (Wildman–Crippen MR) is 107 cm³/mol. The van der Waals surface area contributed by atoms with Crippen molar-refractivity contribution in [1.82, 2.24) is 20.0 Å². The molecule has 1 aliphatic heterocycles. The number of likely N-dealkylation sites (N-methyl/N-ethyl adjacent to an activating group) is 2. The van der Waals surface area contributed by atoms with Crippen molar-refractivity contribution in [3.8, 4) is 0 Å². The summed E-state index contributed by atoms with van der Waals surface area (Å²) >= 11 is 0. The van der Waals surface area contributed by atoms with Gasteiger partial charge in [0.05, 0.1) is 6.54 Å². The van der Waals surface area contributed by atoms with Gasteiger partial charge in [-0.25, -0.2) is 0 Å². The van der Waals surface area contributed by atoms with E-state index in [0.29, 0.717) is 6.04 Å². The smallest absolute Gasteiger partial charge is 0.193 e. The van der Waals surface area contributed by atoms with Crippen LogP contribution in [0.5, 0.6) is 0 Å². The van der Waals surface area contributed by atoms with Gasteiger partial charge in [0, 0.05) is 45.8 Å². The molecule has 0 radical (unpaired) electrons. The Labute approximate surface area is 153 Å². The highest BCUT2D eigenvalue weighted by Crippen LogP contribution is 2.06. The van der Waals surface area contributed by atoms with Gasteiger partial charge in [-0.2, -0.15) is 0 Å². The van der Waals surface area contributed by atoms with Crippen molar-refractivity contribution in [1.29, 1.82) is 0 Å². The van der Waals surface area contributed by atoms with Gasteiger partial charge in [0.25, 0.3) is 0 Å². The van der Waals surface area contributed by atoms with Crippen LogP contribution < -0.4 is 5.32 Å². The number of allylic oxidation sites excluding steroid dienone is 1. The van der Waals surface area contributed by atoms with E-state index in [1.165, 1.54) is 0 Å². The second kappa shape index (κ2) is 12.1. The molecule has 6 heteroatoms. The standard InChI is InChI=1S/C16H33N5.HI/c1-6-8-9-10-21(5)16(17-7-2)18-13-15-14-19(3)11-12-20(15)4;/h6,15H,1,7-14H2,2-5H3,(H,17,18);1H. The van der Waals surface area contributed by atoms with Gasteiger partial charge in [-0.15, -0.1) is 30.6 Å². The highest BCUT2D eigenvalue weighted by Gasteiger charge is 2.21. The predicted octanol–water partition coefficient (Wildman–Crippen LogP) is 1.71. The first-order chi connectivity index (χ1) is 10.1. The second-order valence-electron chi connectivity index (χ2n) is 5.94. The number of piperazine rings is 1. The summed E-state index contributed by atoms with van der Waals surface area (Å²) in [7, 11) is 6.51. The zero-order valence-corrected chi connectivity index (χ0v) is 17.0. The van der Waals surface area contributed by atoms with E-state index >= 15 is 0 Å². The Kier molecular flexibility index (Phi) is 11.9. The molecule has 1 saturated heterocycles. The fraction of sp³-hybridized carbons (Fsp3) is 0.812. The van der Waals surface area contributed by atoms with Crippen LogP contribution in [-0.4, -0.2) is 87.1 Å². The number of guanidine groups is 1. The van der Waals surface area contributed by atoms with E-state index in [1.54, 1.807) is 0 Å². The van der Waals surface area contributed by atoms with Gasteiger partial charge in [-0.1, -0.05) is 6.08 Å². The Morgan fingerprint density at radius 3 is 2.77 bits per heavy atom. The number of rotatable bonds is 7. The van der Waals surface area contributed by atoms with Crippen LogP contribution in [0, 0.1) is 0 Å². The lowest BCUT2D eigenvalue weighted by Gasteiger charge is -2.37. The van der Waals surface area contributed by atoms with Gasteiger partial charge >= 0.3 is 0 Å². The monoisotopic (exact) mass is 423 g/mol. The molecule has 1 atom stereocenters. The summed E-state index contributed by atoms with van der Waals surface area (Å²) < 4.78 is 0. The molecule has 0 aliphatic carbocycles. The number of hydrogen-bond acceptors (Lipinski definition) is 3. The highest BCUT2D eigenvalue weighted by molar-refractivity contribution is 14.0. The van der Waals surface area contributed by atoms with Crippen molar-refractivity contribution in [2.45, 2.75) is 25.8 Å². The summed E-state index contributed by atoms with van der Waals surface area (Å²) in [6.07, 6.45) is 4.15. The Morgan fingerprint density at radius 2 is 2.14 bits per heavy atom. The Balaban J connectivity index is 0.00000441. The van der Waals surface area contributed by atoms with Crippen LogP contribution in [0.2, 0.25) is 0 Å². The maximum absolute atomic E-state index is 4.84. The number of nitrogens with zero attached hydrogens (tertiary/aromatic N) is 4. The number of aliphatic imine (C=N–C) groups is 1. The zero-order valence-electron chi connectivity index (χ0n) is 14.7. The van der Waals surface area contributed by atoms with Crippen LogP contribution in [-0.2, 0) is 0 Å². The molecule has 1 rings (SSSR count). The van der Waals surface area contributed by atoms with Crippen LogP contribution in [0.25, 0.3) is 0 Å². The first-order valence-corrected chi connectivity index (χ1v) is 8.07. The SMILES string of the molecule is C=CCCCN(C)C(=NCC1CN(C)CCN1C)NCC.I. The second-order valence-corrected chi connectivity index (χ2v) is 5.94. The Morgan fingerprint density at radius 1 is 1.41 bits per heavy atom. The summed E-state index contributed by atoms with van der Waals surface area (Å²) in [5, 5.41) is 3.39. The molecular formula is C16H34IN5. The maximum Gasteiger partial charge on any atom is 0.193 e. The van der Waals surface area contributed by atoms with Crippen molar-refractivity contribution < 1.29 is 0 Å². The van der Waals surface area contributed by atoms with Crippen LogP contribution in [0.3, 0.4) is 0 Å². The lowest BCUT2D eigenvalue weighted by Crippen LogP contribution is -2.51. The van der Waals surface area contributed by atoms with Crippen LogP contribution >= 0.6 is 24.0 Å². The third-order valence-corrected chi connectivity index (χ3v) is 4.03. The van der Waals surface area contributed by atoms with E-state index < -0.39 is 0 Å². The van der Waals surface area contributed by atoms with Crippen molar-refractivity contribution in [2.24, 2.45) is 4.99 Å². The molecule has 1 unspecified atom stereocenters. The lowest BCUT2D eigenvalue weighted by molar-refractivity contribution is 0.119. The molecule has 0 spiro atoms. The van der Waals surface area contributed by atoms with Crippen LogP contribution in [0.15, 0.2) is 17.6 Å². The molecule has 5 nitrogen and oxygen atoms in total. The van der Waals surface area contributed by atoms with Crippen molar-refractivity contribution in [2.75, 3.05) is 60.4 Å². The first kappa shape index (κ1) is 21.7. The molecule has 130 valence electrons. The average Bonchev–Trinajstić information content (AvgIpc) is 2.46. The van der Waals surface area contributed by atoms with Crippen molar-refractivity contribution in [3.05, 3.63) is 12.7 Å². The van der Waals surface area contributed by atoms with Crippen molar-refractivity contribution in [3.63, 3.8) is 0 Å². The number of halogens is 1. The normalized spacial score (nSPS) is 20.4. The summed E-state index contributed by atoms with van der Waals surface area (Å²) in [6.45, 7) is 12.0. The molecule has 0 aromatic heterocycles. The van der Waals surface area contributed by atoms with E-state index in [-0.39, 0.29) is 24.0 Å². The molecule has 1 aliphatic rings. The van der Waals surface area contributed by atoms with Crippen molar-refractivity contribution >= 4 is 29.9 Å². The molecule has 0 bridgehead atoms.